The average molecular weight is 329 g/mol. The molecule has 0 heterocycles. The fourth-order valence-electron chi connectivity index (χ4n) is 1.69. The smallest absolute Gasteiger partial charge is 0.407 e. The van der Waals surface area contributed by atoms with Gasteiger partial charge in [0.15, 0.2) is 0 Å². The van der Waals surface area contributed by atoms with E-state index in [0.717, 1.165) is 6.07 Å². The quantitative estimate of drug-likeness (QED) is 0.699. The topological polar surface area (TPSA) is 93.4 Å². The minimum absolute atomic E-state index is 0.0301. The number of rotatable bonds is 6. The van der Waals surface area contributed by atoms with E-state index in [0.29, 0.717) is 25.6 Å². The molecule has 0 atom stereocenters. The molecule has 0 fully saturated rings. The van der Waals surface area contributed by atoms with E-state index in [1.165, 1.54) is 0 Å². The minimum atomic E-state index is -1.01. The van der Waals surface area contributed by atoms with Crippen LogP contribution < -0.4 is 16.4 Å². The van der Waals surface area contributed by atoms with E-state index < -0.39 is 29.2 Å². The van der Waals surface area contributed by atoms with Crippen molar-refractivity contribution in [2.24, 2.45) is 5.73 Å². The van der Waals surface area contributed by atoms with Crippen LogP contribution in [0.2, 0.25) is 0 Å². The largest absolute Gasteiger partial charge is 0.444 e. The zero-order valence-corrected chi connectivity index (χ0v) is 13.3. The Bertz CT molecular complexity index is 586. The zero-order chi connectivity index (χ0) is 17.6. The number of ether oxygens (including phenoxy) is 1. The van der Waals surface area contributed by atoms with Gasteiger partial charge in [0.05, 0.1) is 11.3 Å². The lowest BCUT2D eigenvalue weighted by Crippen LogP contribution is -2.33. The highest BCUT2D eigenvalue weighted by Gasteiger charge is 2.16. The van der Waals surface area contributed by atoms with Gasteiger partial charge in [-0.25, -0.2) is 13.6 Å². The molecule has 0 saturated heterocycles. The molecule has 2 amide bonds. The molecule has 0 radical (unpaired) electrons. The number of anilines is 1. The van der Waals surface area contributed by atoms with Crippen molar-refractivity contribution in [2.45, 2.75) is 32.8 Å². The highest BCUT2D eigenvalue weighted by molar-refractivity contribution is 5.94. The van der Waals surface area contributed by atoms with Gasteiger partial charge in [-0.2, -0.15) is 0 Å². The first-order valence-electron chi connectivity index (χ1n) is 7.09. The van der Waals surface area contributed by atoms with Gasteiger partial charge in [0.25, 0.3) is 5.91 Å². The van der Waals surface area contributed by atoms with Crippen molar-refractivity contribution >= 4 is 17.7 Å². The molecule has 0 unspecified atom stereocenters. The van der Waals surface area contributed by atoms with Crippen LogP contribution in [-0.4, -0.2) is 30.7 Å². The lowest BCUT2D eigenvalue weighted by Gasteiger charge is -2.19. The molecule has 128 valence electrons. The van der Waals surface area contributed by atoms with Crippen LogP contribution in [-0.2, 0) is 4.74 Å². The number of amides is 2. The second-order valence-corrected chi connectivity index (χ2v) is 5.89. The predicted octanol–water partition coefficient (Wildman–Crippen LogP) is 2.39. The molecule has 1 rings (SSSR count). The van der Waals surface area contributed by atoms with Crippen molar-refractivity contribution in [1.29, 1.82) is 0 Å². The molecule has 0 aliphatic heterocycles. The molecule has 0 aliphatic carbocycles. The van der Waals surface area contributed by atoms with Gasteiger partial charge < -0.3 is 21.1 Å². The Morgan fingerprint density at radius 1 is 1.17 bits per heavy atom. The van der Waals surface area contributed by atoms with Crippen LogP contribution in [0, 0.1) is 11.6 Å². The maximum atomic E-state index is 13.6. The number of nitrogens with two attached hydrogens (primary N) is 1. The molecule has 4 N–H and O–H groups in total. The fourth-order valence-corrected chi connectivity index (χ4v) is 1.69. The first kappa shape index (κ1) is 18.7. The fraction of sp³-hybridized carbons (Fsp3) is 0.467. The van der Waals surface area contributed by atoms with Crippen LogP contribution in [0.15, 0.2) is 12.1 Å². The second-order valence-electron chi connectivity index (χ2n) is 5.89. The minimum Gasteiger partial charge on any atom is -0.444 e. The van der Waals surface area contributed by atoms with Crippen molar-refractivity contribution in [3.63, 3.8) is 0 Å². The van der Waals surface area contributed by atoms with Gasteiger partial charge in [-0.15, -0.1) is 0 Å². The molecule has 0 bridgehead atoms. The second kappa shape index (κ2) is 7.75. The molecule has 0 saturated carbocycles. The third kappa shape index (κ3) is 6.50. The number of alkyl carbamates (subject to hydrolysis) is 1. The van der Waals surface area contributed by atoms with E-state index in [4.69, 9.17) is 10.5 Å². The summed E-state index contributed by atoms with van der Waals surface area (Å²) in [6.07, 6.45) is -0.0661. The Balaban J connectivity index is 2.43. The molecule has 1 aromatic rings. The molecule has 6 nitrogen and oxygen atoms in total. The number of hydrogen-bond donors (Lipinski definition) is 3. The number of carbonyl (C=O) groups excluding carboxylic acids is 2. The van der Waals surface area contributed by atoms with E-state index in [1.54, 1.807) is 20.8 Å². The van der Waals surface area contributed by atoms with Crippen molar-refractivity contribution in [3.8, 4) is 0 Å². The maximum absolute atomic E-state index is 13.6. The van der Waals surface area contributed by atoms with E-state index in [9.17, 15) is 18.4 Å². The van der Waals surface area contributed by atoms with E-state index in [1.807, 2.05) is 0 Å². The summed E-state index contributed by atoms with van der Waals surface area (Å²) in [6, 6.07) is 1.62. The number of primary amides is 1. The zero-order valence-electron chi connectivity index (χ0n) is 13.3. The van der Waals surface area contributed by atoms with Gasteiger partial charge in [-0.3, -0.25) is 4.79 Å². The lowest BCUT2D eigenvalue weighted by molar-refractivity contribution is 0.0527. The molecule has 0 aromatic heterocycles. The Kier molecular flexibility index (Phi) is 6.29. The summed E-state index contributed by atoms with van der Waals surface area (Å²) in [7, 11) is 0. The van der Waals surface area contributed by atoms with Gasteiger partial charge in [0.1, 0.15) is 17.2 Å². The predicted molar refractivity (Wildman–Crippen MR) is 82.2 cm³/mol. The van der Waals surface area contributed by atoms with Gasteiger partial charge in [-0.1, -0.05) is 0 Å². The van der Waals surface area contributed by atoms with Crippen molar-refractivity contribution in [2.75, 3.05) is 18.4 Å². The first-order chi connectivity index (χ1) is 10.6. The van der Waals surface area contributed by atoms with Crippen LogP contribution in [0.1, 0.15) is 37.6 Å². The Hall–Kier alpha value is -2.38. The van der Waals surface area contributed by atoms with Crippen LogP contribution in [0.3, 0.4) is 0 Å². The molecule has 1 aromatic carbocycles. The average Bonchev–Trinajstić information content (AvgIpc) is 2.38. The molecular weight excluding hydrogens is 308 g/mol. The van der Waals surface area contributed by atoms with Crippen molar-refractivity contribution < 1.29 is 23.1 Å². The van der Waals surface area contributed by atoms with E-state index >= 15 is 0 Å². The number of carbonyl (C=O) groups is 2. The first-order valence-corrected chi connectivity index (χ1v) is 7.09. The van der Waals surface area contributed by atoms with Crippen LogP contribution >= 0.6 is 0 Å². The molecule has 0 aliphatic rings. The standard InChI is InChI=1S/C15H21F2N3O3/c1-15(2,3)23-14(22)20-6-4-5-19-12-7-9(13(18)21)10(16)8-11(12)17/h7-8,19H,4-6H2,1-3H3,(H2,18,21)(H,20,22). The number of benzene rings is 1. The molecule has 23 heavy (non-hydrogen) atoms. The van der Waals surface area contributed by atoms with Gasteiger partial charge in [0, 0.05) is 19.2 Å². The lowest BCUT2D eigenvalue weighted by atomic mass is 10.1. The molecule has 8 heteroatoms. The van der Waals surface area contributed by atoms with Gasteiger partial charge in [-0.05, 0) is 33.3 Å². The van der Waals surface area contributed by atoms with E-state index in [2.05, 4.69) is 10.6 Å². The SMILES string of the molecule is CC(C)(C)OC(=O)NCCCNc1cc(C(N)=O)c(F)cc1F. The van der Waals surface area contributed by atoms with Crippen molar-refractivity contribution in [1.82, 2.24) is 5.32 Å². The Morgan fingerprint density at radius 3 is 2.39 bits per heavy atom. The van der Waals surface area contributed by atoms with Crippen LogP contribution in [0.4, 0.5) is 19.3 Å². The number of nitrogens with one attached hydrogen (secondary N) is 2. The van der Waals surface area contributed by atoms with Crippen molar-refractivity contribution in [3.05, 3.63) is 29.3 Å². The van der Waals surface area contributed by atoms with E-state index in [-0.39, 0.29) is 11.3 Å². The van der Waals surface area contributed by atoms with Gasteiger partial charge >= 0.3 is 6.09 Å². The van der Waals surface area contributed by atoms with Crippen LogP contribution in [0.25, 0.3) is 0 Å². The highest BCUT2D eigenvalue weighted by Crippen LogP contribution is 2.19. The summed E-state index contributed by atoms with van der Waals surface area (Å²) < 4.78 is 31.9. The Morgan fingerprint density at radius 2 is 1.83 bits per heavy atom. The normalized spacial score (nSPS) is 11.0. The summed E-state index contributed by atoms with van der Waals surface area (Å²) >= 11 is 0. The monoisotopic (exact) mass is 329 g/mol. The third-order valence-electron chi connectivity index (χ3n) is 2.66. The summed E-state index contributed by atoms with van der Waals surface area (Å²) in [5.41, 5.74) is 4.01. The van der Waals surface area contributed by atoms with Gasteiger partial charge in [0.2, 0.25) is 0 Å². The maximum Gasteiger partial charge on any atom is 0.407 e. The molecule has 0 spiro atoms. The number of hydrogen-bond acceptors (Lipinski definition) is 4. The summed E-state index contributed by atoms with van der Waals surface area (Å²) in [6.45, 7) is 5.87. The summed E-state index contributed by atoms with van der Waals surface area (Å²) in [4.78, 5) is 22.4. The van der Waals surface area contributed by atoms with Crippen LogP contribution in [0.5, 0.6) is 0 Å². The third-order valence-corrected chi connectivity index (χ3v) is 2.66. The number of halogens is 2. The summed E-state index contributed by atoms with van der Waals surface area (Å²) in [5.74, 6) is -2.81. The molecular formula is C15H21F2N3O3. The summed E-state index contributed by atoms with van der Waals surface area (Å²) in [5, 5.41) is 5.27. The Labute approximate surface area is 133 Å². The highest BCUT2D eigenvalue weighted by atomic mass is 19.1.